The average molecular weight is 236 g/mol. The molecule has 0 atom stereocenters. The first kappa shape index (κ1) is 14.5. The normalized spacial score (nSPS) is 22.5. The van der Waals surface area contributed by atoms with Gasteiger partial charge in [0.2, 0.25) is 0 Å². The molecule has 98 valence electrons. The molecule has 0 fully saturated rings. The van der Waals surface area contributed by atoms with Crippen molar-refractivity contribution >= 4 is 5.78 Å². The molecule has 0 amide bonds. The number of carbonyl (C=O) groups excluding carboxylic acids is 1. The first-order chi connectivity index (χ1) is 8.39. The van der Waals surface area contributed by atoms with Gasteiger partial charge in [0, 0.05) is 6.42 Å². The summed E-state index contributed by atoms with van der Waals surface area (Å²) in [5, 5.41) is 0. The summed E-state index contributed by atoms with van der Waals surface area (Å²) in [5.41, 5.74) is 0. The van der Waals surface area contributed by atoms with E-state index < -0.39 is 0 Å². The molecule has 0 spiro atoms. The Kier molecular flexibility index (Phi) is 8.99. The van der Waals surface area contributed by atoms with E-state index in [0.29, 0.717) is 5.78 Å². The number of carbonyl (C=O) groups is 1. The van der Waals surface area contributed by atoms with Gasteiger partial charge in [-0.05, 0) is 25.3 Å². The van der Waals surface area contributed by atoms with E-state index in [0.717, 1.165) is 19.3 Å². The van der Waals surface area contributed by atoms with Crippen LogP contribution in [0.5, 0.6) is 0 Å². The van der Waals surface area contributed by atoms with Crippen LogP contribution in [0.2, 0.25) is 0 Å². The van der Waals surface area contributed by atoms with Crippen LogP contribution in [0, 0.1) is 0 Å². The van der Waals surface area contributed by atoms with Crippen molar-refractivity contribution in [2.75, 3.05) is 0 Å². The summed E-state index contributed by atoms with van der Waals surface area (Å²) < 4.78 is 0. The highest BCUT2D eigenvalue weighted by Crippen LogP contribution is 2.13. The molecule has 0 saturated heterocycles. The standard InChI is InChI=1S/C16H28O/c17-16-14-12-10-8-6-4-2-1-3-5-7-9-11-13-15-16/h12,14H,1-11,13,15H2. The van der Waals surface area contributed by atoms with Crippen molar-refractivity contribution in [1.29, 1.82) is 0 Å². The molecule has 0 heterocycles. The highest BCUT2D eigenvalue weighted by atomic mass is 16.1. The van der Waals surface area contributed by atoms with Crippen LogP contribution in [0.1, 0.15) is 83.5 Å². The number of hydrogen-bond acceptors (Lipinski definition) is 1. The molecular formula is C16H28O. The van der Waals surface area contributed by atoms with Gasteiger partial charge in [0.1, 0.15) is 0 Å². The minimum absolute atomic E-state index is 0.331. The van der Waals surface area contributed by atoms with Crippen LogP contribution >= 0.6 is 0 Å². The summed E-state index contributed by atoms with van der Waals surface area (Å²) in [6.45, 7) is 0. The zero-order valence-electron chi connectivity index (χ0n) is 11.3. The van der Waals surface area contributed by atoms with E-state index >= 15 is 0 Å². The molecule has 1 aliphatic carbocycles. The topological polar surface area (TPSA) is 17.1 Å². The molecule has 0 aliphatic heterocycles. The Morgan fingerprint density at radius 2 is 1.12 bits per heavy atom. The second kappa shape index (κ2) is 10.6. The van der Waals surface area contributed by atoms with Crippen LogP contribution in [0.4, 0.5) is 0 Å². The molecule has 0 bridgehead atoms. The number of hydrogen-bond donors (Lipinski definition) is 0. The van der Waals surface area contributed by atoms with Crippen LogP contribution in [0.15, 0.2) is 12.2 Å². The molecule has 1 heteroatoms. The molecule has 1 nitrogen and oxygen atoms in total. The van der Waals surface area contributed by atoms with E-state index in [2.05, 4.69) is 6.08 Å². The van der Waals surface area contributed by atoms with Gasteiger partial charge >= 0.3 is 0 Å². The van der Waals surface area contributed by atoms with Crippen molar-refractivity contribution in [2.24, 2.45) is 0 Å². The fourth-order valence-corrected chi connectivity index (χ4v) is 2.45. The summed E-state index contributed by atoms with van der Waals surface area (Å²) in [5.74, 6) is 0.331. The van der Waals surface area contributed by atoms with Gasteiger partial charge in [0.15, 0.2) is 5.78 Å². The third-order valence-electron chi connectivity index (χ3n) is 3.60. The molecule has 1 aliphatic rings. The lowest BCUT2D eigenvalue weighted by atomic mass is 10.0. The largest absolute Gasteiger partial charge is 0.295 e. The average Bonchev–Trinajstić information content (AvgIpc) is 2.32. The Labute approximate surface area is 107 Å². The Hall–Kier alpha value is -0.590. The SMILES string of the molecule is O=C1C=CCCCCCCCCCCCCC1. The molecular weight excluding hydrogens is 208 g/mol. The van der Waals surface area contributed by atoms with Crippen LogP contribution < -0.4 is 0 Å². The molecule has 0 unspecified atom stereocenters. The molecule has 0 aromatic carbocycles. The maximum atomic E-state index is 11.5. The first-order valence-corrected chi connectivity index (χ1v) is 7.59. The van der Waals surface area contributed by atoms with Crippen molar-refractivity contribution in [1.82, 2.24) is 0 Å². The van der Waals surface area contributed by atoms with Crippen LogP contribution in [0.3, 0.4) is 0 Å². The smallest absolute Gasteiger partial charge is 0.155 e. The Bertz CT molecular complexity index is 218. The minimum atomic E-state index is 0.331. The maximum Gasteiger partial charge on any atom is 0.155 e. The second-order valence-corrected chi connectivity index (χ2v) is 5.30. The molecule has 17 heavy (non-hydrogen) atoms. The second-order valence-electron chi connectivity index (χ2n) is 5.30. The van der Waals surface area contributed by atoms with Crippen molar-refractivity contribution in [3.63, 3.8) is 0 Å². The summed E-state index contributed by atoms with van der Waals surface area (Å²) in [6.07, 6.45) is 20.3. The zero-order valence-corrected chi connectivity index (χ0v) is 11.3. The van der Waals surface area contributed by atoms with Gasteiger partial charge in [-0.2, -0.15) is 0 Å². The lowest BCUT2D eigenvalue weighted by Crippen LogP contribution is -1.92. The molecule has 0 saturated carbocycles. The molecule has 0 radical (unpaired) electrons. The zero-order chi connectivity index (χ0) is 12.2. The summed E-state index contributed by atoms with van der Waals surface area (Å²) >= 11 is 0. The molecule has 0 aromatic rings. The van der Waals surface area contributed by atoms with E-state index in [1.807, 2.05) is 6.08 Å². The summed E-state index contributed by atoms with van der Waals surface area (Å²) in [7, 11) is 0. The lowest BCUT2D eigenvalue weighted by molar-refractivity contribution is -0.114. The van der Waals surface area contributed by atoms with Crippen molar-refractivity contribution in [3.05, 3.63) is 12.2 Å². The molecule has 1 rings (SSSR count). The van der Waals surface area contributed by atoms with Gasteiger partial charge < -0.3 is 0 Å². The van der Waals surface area contributed by atoms with Crippen molar-refractivity contribution in [3.8, 4) is 0 Å². The van der Waals surface area contributed by atoms with Gasteiger partial charge in [-0.1, -0.05) is 63.9 Å². The Balaban J connectivity index is 2.20. The van der Waals surface area contributed by atoms with E-state index in [1.54, 1.807) is 0 Å². The summed E-state index contributed by atoms with van der Waals surface area (Å²) in [6, 6.07) is 0. The van der Waals surface area contributed by atoms with Gasteiger partial charge in [-0.25, -0.2) is 0 Å². The molecule has 0 aromatic heterocycles. The highest BCUT2D eigenvalue weighted by Gasteiger charge is 1.98. The predicted octanol–water partition coefficient (Wildman–Crippen LogP) is 5.20. The maximum absolute atomic E-state index is 11.5. The predicted molar refractivity (Wildman–Crippen MR) is 74.2 cm³/mol. The highest BCUT2D eigenvalue weighted by molar-refractivity contribution is 5.89. The quantitative estimate of drug-likeness (QED) is 0.565. The van der Waals surface area contributed by atoms with Crippen LogP contribution in [-0.2, 0) is 4.79 Å². The van der Waals surface area contributed by atoms with E-state index in [9.17, 15) is 4.79 Å². The van der Waals surface area contributed by atoms with Crippen molar-refractivity contribution < 1.29 is 4.79 Å². The molecule has 0 N–H and O–H groups in total. The van der Waals surface area contributed by atoms with Gasteiger partial charge in [0.05, 0.1) is 0 Å². The Morgan fingerprint density at radius 1 is 0.647 bits per heavy atom. The van der Waals surface area contributed by atoms with Gasteiger partial charge in [-0.15, -0.1) is 0 Å². The van der Waals surface area contributed by atoms with E-state index in [4.69, 9.17) is 0 Å². The van der Waals surface area contributed by atoms with Gasteiger partial charge in [-0.3, -0.25) is 4.79 Å². The van der Waals surface area contributed by atoms with Gasteiger partial charge in [0.25, 0.3) is 0 Å². The fourth-order valence-electron chi connectivity index (χ4n) is 2.45. The fraction of sp³-hybridized carbons (Fsp3) is 0.812. The number of allylic oxidation sites excluding steroid dienone is 2. The van der Waals surface area contributed by atoms with E-state index in [-0.39, 0.29) is 0 Å². The van der Waals surface area contributed by atoms with Crippen LogP contribution in [0.25, 0.3) is 0 Å². The first-order valence-electron chi connectivity index (χ1n) is 7.59. The van der Waals surface area contributed by atoms with E-state index in [1.165, 1.54) is 64.2 Å². The Morgan fingerprint density at radius 3 is 1.71 bits per heavy atom. The van der Waals surface area contributed by atoms with Crippen molar-refractivity contribution in [2.45, 2.75) is 83.5 Å². The minimum Gasteiger partial charge on any atom is -0.295 e. The monoisotopic (exact) mass is 236 g/mol. The number of ketones is 1. The summed E-state index contributed by atoms with van der Waals surface area (Å²) in [4.78, 5) is 11.5. The third kappa shape index (κ3) is 9.14. The number of rotatable bonds is 0. The lowest BCUT2D eigenvalue weighted by Gasteiger charge is -2.03. The third-order valence-corrected chi connectivity index (χ3v) is 3.60. The van der Waals surface area contributed by atoms with Crippen LogP contribution in [-0.4, -0.2) is 5.78 Å².